The highest BCUT2D eigenvalue weighted by Crippen LogP contribution is 2.37. The lowest BCUT2D eigenvalue weighted by Gasteiger charge is -2.14. The number of aromatic nitrogens is 1. The summed E-state index contributed by atoms with van der Waals surface area (Å²) in [5.41, 5.74) is 1.80. The molecule has 4 rings (SSSR count). The molecule has 0 bridgehead atoms. The Labute approximate surface area is 180 Å². The second-order valence-corrected chi connectivity index (χ2v) is 6.33. The normalized spacial score (nSPS) is 10.2. The van der Waals surface area contributed by atoms with Crippen LogP contribution in [0, 0.1) is 0 Å². The van der Waals surface area contributed by atoms with Crippen molar-refractivity contribution in [1.29, 1.82) is 0 Å². The van der Waals surface area contributed by atoms with E-state index in [-0.39, 0.29) is 18.2 Å². The first kappa shape index (κ1) is 21.1. The molecule has 0 radical (unpaired) electrons. The van der Waals surface area contributed by atoms with Crippen molar-refractivity contribution in [2.75, 3.05) is 14.2 Å². The topological polar surface area (TPSA) is 57.7 Å². The number of nitrogens with zero attached hydrogens (tertiary/aromatic N) is 1. The third-order valence-electron chi connectivity index (χ3n) is 4.59. The van der Waals surface area contributed by atoms with E-state index in [1.165, 1.54) is 0 Å². The summed E-state index contributed by atoms with van der Waals surface area (Å²) in [4.78, 5) is 17.4. The van der Waals surface area contributed by atoms with Crippen molar-refractivity contribution in [2.45, 2.75) is 0 Å². The van der Waals surface area contributed by atoms with Crippen LogP contribution in [0.4, 0.5) is 0 Å². The Morgan fingerprint density at radius 3 is 2.17 bits per heavy atom. The number of ketones is 1. The van der Waals surface area contributed by atoms with Crippen LogP contribution < -0.4 is 14.2 Å². The summed E-state index contributed by atoms with van der Waals surface area (Å²) in [6.07, 6.45) is 1.66. The maximum atomic E-state index is 13.0. The molecule has 5 nitrogen and oxygen atoms in total. The van der Waals surface area contributed by atoms with Crippen molar-refractivity contribution >= 4 is 29.1 Å². The van der Waals surface area contributed by atoms with Gasteiger partial charge in [-0.1, -0.05) is 42.5 Å². The van der Waals surface area contributed by atoms with Crippen molar-refractivity contribution in [3.8, 4) is 23.0 Å². The number of ether oxygens (including phenoxy) is 3. The molecular weight excluding hydrogens is 402 g/mol. The lowest BCUT2D eigenvalue weighted by Crippen LogP contribution is -2.03. The van der Waals surface area contributed by atoms with Crippen LogP contribution in [0.3, 0.4) is 0 Å². The second kappa shape index (κ2) is 9.29. The van der Waals surface area contributed by atoms with Gasteiger partial charge in [0.25, 0.3) is 0 Å². The molecule has 4 aromatic rings. The summed E-state index contributed by atoms with van der Waals surface area (Å²) in [7, 11) is 3.16. The van der Waals surface area contributed by atoms with Crippen molar-refractivity contribution < 1.29 is 19.0 Å². The minimum Gasteiger partial charge on any atom is -0.493 e. The van der Waals surface area contributed by atoms with E-state index in [1.807, 2.05) is 36.4 Å². The van der Waals surface area contributed by atoms with Gasteiger partial charge in [-0.05, 0) is 24.3 Å². The number of fused-ring (bicyclic) bond motifs is 1. The molecule has 6 heteroatoms. The highest BCUT2D eigenvalue weighted by molar-refractivity contribution is 6.10. The van der Waals surface area contributed by atoms with Gasteiger partial charge in [-0.2, -0.15) is 0 Å². The molecule has 1 heterocycles. The van der Waals surface area contributed by atoms with Crippen LogP contribution in [0.25, 0.3) is 10.9 Å². The molecule has 0 amide bonds. The maximum Gasteiger partial charge on any atom is 0.196 e. The van der Waals surface area contributed by atoms with Crippen molar-refractivity contribution in [1.82, 2.24) is 4.98 Å². The minimum absolute atomic E-state index is 0. The van der Waals surface area contributed by atoms with Crippen LogP contribution in [0.15, 0.2) is 79.0 Å². The highest BCUT2D eigenvalue weighted by atomic mass is 35.5. The Balaban J connectivity index is 0.00000256. The van der Waals surface area contributed by atoms with E-state index in [0.29, 0.717) is 39.6 Å². The van der Waals surface area contributed by atoms with Crippen LogP contribution in [-0.2, 0) is 0 Å². The summed E-state index contributed by atoms with van der Waals surface area (Å²) >= 11 is 0. The maximum absolute atomic E-state index is 13.0. The summed E-state index contributed by atoms with van der Waals surface area (Å²) in [5, 5.41) is 0.757. The van der Waals surface area contributed by atoms with Gasteiger partial charge in [0, 0.05) is 23.2 Å². The minimum atomic E-state index is -0.0983. The lowest BCUT2D eigenvalue weighted by molar-refractivity contribution is 0.103. The van der Waals surface area contributed by atoms with Gasteiger partial charge in [0.1, 0.15) is 11.5 Å². The van der Waals surface area contributed by atoms with Crippen LogP contribution in [-0.4, -0.2) is 25.0 Å². The smallest absolute Gasteiger partial charge is 0.196 e. The molecule has 0 N–H and O–H groups in total. The molecule has 3 aromatic carbocycles. The number of methoxy groups -OCH3 is 2. The molecule has 0 saturated heterocycles. The molecule has 0 aliphatic rings. The van der Waals surface area contributed by atoms with Gasteiger partial charge in [-0.25, -0.2) is 0 Å². The molecule has 0 aliphatic heterocycles. The van der Waals surface area contributed by atoms with Crippen LogP contribution in [0.2, 0.25) is 0 Å². The van der Waals surface area contributed by atoms with Gasteiger partial charge in [0.15, 0.2) is 17.3 Å². The zero-order valence-corrected chi connectivity index (χ0v) is 17.3. The van der Waals surface area contributed by atoms with E-state index in [4.69, 9.17) is 14.2 Å². The third-order valence-corrected chi connectivity index (χ3v) is 4.59. The van der Waals surface area contributed by atoms with Crippen molar-refractivity contribution in [3.05, 3.63) is 90.1 Å². The van der Waals surface area contributed by atoms with Crippen LogP contribution in [0.1, 0.15) is 15.9 Å². The van der Waals surface area contributed by atoms with E-state index in [2.05, 4.69) is 4.98 Å². The number of halogens is 1. The third kappa shape index (κ3) is 4.07. The molecule has 152 valence electrons. The van der Waals surface area contributed by atoms with Crippen LogP contribution >= 0.6 is 12.4 Å². The number of hydrogen-bond acceptors (Lipinski definition) is 5. The predicted octanol–water partition coefficient (Wildman–Crippen LogP) is 5.70. The van der Waals surface area contributed by atoms with E-state index < -0.39 is 0 Å². The van der Waals surface area contributed by atoms with Crippen molar-refractivity contribution in [3.63, 3.8) is 0 Å². The Kier molecular flexibility index (Phi) is 6.54. The summed E-state index contributed by atoms with van der Waals surface area (Å²) in [6.45, 7) is 0. The number of carbonyl (C=O) groups excluding carboxylic acids is 1. The summed E-state index contributed by atoms with van der Waals surface area (Å²) < 4.78 is 16.9. The van der Waals surface area contributed by atoms with Gasteiger partial charge in [0.05, 0.1) is 25.3 Å². The van der Waals surface area contributed by atoms with Crippen molar-refractivity contribution in [2.24, 2.45) is 0 Å². The lowest BCUT2D eigenvalue weighted by atomic mass is 10.0. The first-order valence-corrected chi connectivity index (χ1v) is 9.08. The number of hydrogen-bond donors (Lipinski definition) is 0. The van der Waals surface area contributed by atoms with Gasteiger partial charge >= 0.3 is 0 Å². The molecule has 0 atom stereocenters. The monoisotopic (exact) mass is 421 g/mol. The van der Waals surface area contributed by atoms with E-state index in [1.54, 1.807) is 56.8 Å². The number of para-hydroxylation sites is 1. The van der Waals surface area contributed by atoms with Gasteiger partial charge in [-0.15, -0.1) is 12.4 Å². The van der Waals surface area contributed by atoms with Gasteiger partial charge in [-0.3, -0.25) is 9.78 Å². The Morgan fingerprint density at radius 2 is 1.43 bits per heavy atom. The second-order valence-electron chi connectivity index (χ2n) is 6.33. The fourth-order valence-corrected chi connectivity index (χ4v) is 3.14. The first-order chi connectivity index (χ1) is 14.2. The van der Waals surface area contributed by atoms with E-state index in [0.717, 1.165) is 5.39 Å². The number of pyridine rings is 1. The zero-order valence-electron chi connectivity index (χ0n) is 16.5. The molecule has 30 heavy (non-hydrogen) atoms. The average molecular weight is 422 g/mol. The standard InChI is InChI=1S/C24H19NO4.ClH/c1-27-22-14-18-19(15-23(22)28-2)25-13-12-21(18)29-20-11-7-6-10-17(20)24(26)16-8-4-3-5-9-16;/h3-15H,1-2H3;1H. The molecule has 0 fully saturated rings. The predicted molar refractivity (Wildman–Crippen MR) is 118 cm³/mol. The van der Waals surface area contributed by atoms with Crippen LogP contribution in [0.5, 0.6) is 23.0 Å². The zero-order chi connectivity index (χ0) is 20.2. The summed E-state index contributed by atoms with van der Waals surface area (Å²) in [5.74, 6) is 2.11. The first-order valence-electron chi connectivity index (χ1n) is 9.08. The number of carbonyl (C=O) groups is 1. The largest absolute Gasteiger partial charge is 0.493 e. The van der Waals surface area contributed by atoms with E-state index >= 15 is 0 Å². The summed E-state index contributed by atoms with van der Waals surface area (Å²) in [6, 6.07) is 21.7. The Hall–Kier alpha value is -3.57. The molecule has 1 aromatic heterocycles. The Morgan fingerprint density at radius 1 is 0.767 bits per heavy atom. The van der Waals surface area contributed by atoms with Gasteiger partial charge in [0.2, 0.25) is 0 Å². The molecular formula is C24H20ClNO4. The molecule has 0 saturated carbocycles. The van der Waals surface area contributed by atoms with E-state index in [9.17, 15) is 4.79 Å². The molecule has 0 unspecified atom stereocenters. The SMILES string of the molecule is COc1cc2nccc(Oc3ccccc3C(=O)c3ccccc3)c2cc1OC.Cl. The molecule has 0 aliphatic carbocycles. The fourth-order valence-electron chi connectivity index (χ4n) is 3.14. The number of benzene rings is 3. The fraction of sp³-hybridized carbons (Fsp3) is 0.0833. The number of rotatable bonds is 6. The molecule has 0 spiro atoms. The highest BCUT2D eigenvalue weighted by Gasteiger charge is 2.16. The quantitative estimate of drug-likeness (QED) is 0.374. The Bertz CT molecular complexity index is 1180. The van der Waals surface area contributed by atoms with Gasteiger partial charge < -0.3 is 14.2 Å². The average Bonchev–Trinajstić information content (AvgIpc) is 2.79.